The van der Waals surface area contributed by atoms with Crippen molar-refractivity contribution in [1.82, 2.24) is 0 Å². The molecule has 0 fully saturated rings. The van der Waals surface area contributed by atoms with Gasteiger partial charge in [0.2, 0.25) is 0 Å². The van der Waals surface area contributed by atoms with Crippen molar-refractivity contribution in [3.63, 3.8) is 0 Å². The molecular formula is C30H24N2. The quantitative estimate of drug-likeness (QED) is 0.348. The average Bonchev–Trinajstić information content (AvgIpc) is 2.87. The van der Waals surface area contributed by atoms with Crippen molar-refractivity contribution in [2.75, 3.05) is 0 Å². The van der Waals surface area contributed by atoms with Gasteiger partial charge in [-0.2, -0.15) is 5.26 Å². The summed E-state index contributed by atoms with van der Waals surface area (Å²) in [6.45, 7) is 0. The van der Waals surface area contributed by atoms with E-state index >= 15 is 0 Å². The molecule has 0 aromatic heterocycles. The van der Waals surface area contributed by atoms with Gasteiger partial charge >= 0.3 is 0 Å². The molecule has 5 rings (SSSR count). The molecule has 1 atom stereocenters. The van der Waals surface area contributed by atoms with E-state index in [4.69, 9.17) is 4.99 Å². The number of aliphatic imine (C=N–C) groups is 1. The molecule has 0 spiro atoms. The normalized spacial score (nSPS) is 12.7. The van der Waals surface area contributed by atoms with E-state index < -0.39 is 6.04 Å². The molecule has 2 heteroatoms. The number of fused-ring (bicyclic) bond motifs is 3. The van der Waals surface area contributed by atoms with Gasteiger partial charge in [0.1, 0.15) is 6.04 Å². The molecule has 1 unspecified atom stereocenters. The second kappa shape index (κ2) is 9.04. The second-order valence-electron chi connectivity index (χ2n) is 8.21. The van der Waals surface area contributed by atoms with Crippen LogP contribution in [0, 0.1) is 11.3 Å². The first kappa shape index (κ1) is 20.0. The molecule has 0 N–H and O–H groups in total. The molecule has 0 amide bonds. The van der Waals surface area contributed by atoms with Crippen LogP contribution >= 0.6 is 0 Å². The van der Waals surface area contributed by atoms with Gasteiger partial charge in [-0.25, -0.2) is 0 Å². The monoisotopic (exact) mass is 412 g/mol. The molecule has 1 aliphatic carbocycles. The summed E-state index contributed by atoms with van der Waals surface area (Å²) in [7, 11) is 0. The van der Waals surface area contributed by atoms with E-state index in [0.29, 0.717) is 6.42 Å². The molecule has 0 bridgehead atoms. The van der Waals surface area contributed by atoms with E-state index in [1.807, 2.05) is 36.4 Å². The highest BCUT2D eigenvalue weighted by Crippen LogP contribution is 2.34. The highest BCUT2D eigenvalue weighted by molar-refractivity contribution is 6.13. The number of aryl methyl sites for hydroxylation is 2. The number of rotatable bonds is 5. The van der Waals surface area contributed by atoms with Crippen molar-refractivity contribution in [2.45, 2.75) is 25.3 Å². The Balaban J connectivity index is 1.47. The lowest BCUT2D eigenvalue weighted by atomic mass is 9.84. The van der Waals surface area contributed by atoms with E-state index in [2.05, 4.69) is 72.8 Å². The van der Waals surface area contributed by atoms with Gasteiger partial charge in [-0.15, -0.1) is 0 Å². The van der Waals surface area contributed by atoms with Crippen LogP contribution in [0.3, 0.4) is 0 Å². The Morgan fingerprint density at radius 3 is 2.00 bits per heavy atom. The van der Waals surface area contributed by atoms with Gasteiger partial charge in [0, 0.05) is 17.5 Å². The van der Waals surface area contributed by atoms with Crippen molar-refractivity contribution >= 4 is 5.71 Å². The maximum Gasteiger partial charge on any atom is 0.141 e. The average molecular weight is 413 g/mol. The summed E-state index contributed by atoms with van der Waals surface area (Å²) in [5, 5.41) is 9.94. The Labute approximate surface area is 189 Å². The Morgan fingerprint density at radius 2 is 1.31 bits per heavy atom. The standard InChI is InChI=1S/C30H24N2/c31-21-27(32-30(24-10-3-1-4-11-24)25-12-5-2-6-13-25)20-22-15-18-29-26(19-22)17-16-23-9-7-8-14-28(23)29/h1-15,18-19,27H,16-17,20H2. The Bertz CT molecular complexity index is 1260. The van der Waals surface area contributed by atoms with Gasteiger partial charge in [-0.1, -0.05) is 103 Å². The van der Waals surface area contributed by atoms with Crippen molar-refractivity contribution in [1.29, 1.82) is 5.26 Å². The Morgan fingerprint density at radius 1 is 0.719 bits per heavy atom. The third kappa shape index (κ3) is 4.11. The van der Waals surface area contributed by atoms with Crippen molar-refractivity contribution < 1.29 is 0 Å². The highest BCUT2D eigenvalue weighted by atomic mass is 14.8. The first-order valence-electron chi connectivity index (χ1n) is 11.1. The van der Waals surface area contributed by atoms with Crippen LogP contribution in [0.1, 0.15) is 27.8 Å². The SMILES string of the molecule is N#CC(Cc1ccc2c(c1)CCc1ccccc1-2)N=C(c1ccccc1)c1ccccc1. The van der Waals surface area contributed by atoms with Crippen LogP contribution in [0.2, 0.25) is 0 Å². The second-order valence-corrected chi connectivity index (χ2v) is 8.21. The van der Waals surface area contributed by atoms with E-state index in [1.165, 1.54) is 27.8 Å². The fourth-order valence-electron chi connectivity index (χ4n) is 4.52. The largest absolute Gasteiger partial charge is 0.265 e. The van der Waals surface area contributed by atoms with Crippen molar-refractivity contribution in [2.24, 2.45) is 4.99 Å². The molecule has 4 aromatic carbocycles. The molecule has 0 radical (unpaired) electrons. The zero-order valence-electron chi connectivity index (χ0n) is 17.9. The third-order valence-electron chi connectivity index (χ3n) is 6.10. The summed E-state index contributed by atoms with van der Waals surface area (Å²) in [6, 6.07) is 37.5. The highest BCUT2D eigenvalue weighted by Gasteiger charge is 2.17. The van der Waals surface area contributed by atoms with Crippen LogP contribution < -0.4 is 0 Å². The van der Waals surface area contributed by atoms with Crippen molar-refractivity contribution in [3.8, 4) is 17.2 Å². The van der Waals surface area contributed by atoms with Crippen LogP contribution in [-0.2, 0) is 19.3 Å². The summed E-state index contributed by atoms with van der Waals surface area (Å²) in [6.07, 6.45) is 2.72. The molecule has 4 aromatic rings. The Hall–Kier alpha value is -3.96. The van der Waals surface area contributed by atoms with Crippen molar-refractivity contribution in [3.05, 3.63) is 131 Å². The summed E-state index contributed by atoms with van der Waals surface area (Å²) >= 11 is 0. The molecule has 32 heavy (non-hydrogen) atoms. The van der Waals surface area contributed by atoms with E-state index in [9.17, 15) is 5.26 Å². The first-order chi connectivity index (χ1) is 15.8. The molecule has 1 aliphatic rings. The minimum absolute atomic E-state index is 0.445. The van der Waals surface area contributed by atoms with Crippen LogP contribution in [-0.4, -0.2) is 11.8 Å². The number of nitrogens with zero attached hydrogens (tertiary/aromatic N) is 2. The fourth-order valence-corrected chi connectivity index (χ4v) is 4.52. The topological polar surface area (TPSA) is 36.1 Å². The summed E-state index contributed by atoms with van der Waals surface area (Å²) < 4.78 is 0. The summed E-state index contributed by atoms with van der Waals surface area (Å²) in [5.41, 5.74) is 9.54. The maximum absolute atomic E-state index is 9.94. The lowest BCUT2D eigenvalue weighted by Gasteiger charge is -2.20. The zero-order chi connectivity index (χ0) is 21.8. The van der Waals surface area contributed by atoms with Crippen LogP contribution in [0.5, 0.6) is 0 Å². The van der Waals surface area contributed by atoms with Gasteiger partial charge < -0.3 is 0 Å². The lowest BCUT2D eigenvalue weighted by molar-refractivity contribution is 0.821. The van der Waals surface area contributed by atoms with E-state index in [1.54, 1.807) is 0 Å². The predicted octanol–water partition coefficient (Wildman–Crippen LogP) is 6.42. The molecule has 0 saturated heterocycles. The minimum atomic E-state index is -0.445. The predicted molar refractivity (Wildman–Crippen MR) is 131 cm³/mol. The number of hydrogen-bond donors (Lipinski definition) is 0. The number of hydrogen-bond acceptors (Lipinski definition) is 2. The molecule has 0 heterocycles. The van der Waals surface area contributed by atoms with E-state index in [0.717, 1.165) is 29.7 Å². The van der Waals surface area contributed by atoms with Gasteiger partial charge in [0.15, 0.2) is 0 Å². The van der Waals surface area contributed by atoms with Crippen LogP contribution in [0.25, 0.3) is 11.1 Å². The van der Waals surface area contributed by atoms with Crippen LogP contribution in [0.4, 0.5) is 0 Å². The third-order valence-corrected chi connectivity index (χ3v) is 6.10. The maximum atomic E-state index is 9.94. The Kier molecular flexibility index (Phi) is 5.64. The number of benzene rings is 4. The molecular weight excluding hydrogens is 388 g/mol. The van der Waals surface area contributed by atoms with Gasteiger partial charge in [0.05, 0.1) is 11.8 Å². The van der Waals surface area contributed by atoms with E-state index in [-0.39, 0.29) is 0 Å². The fraction of sp³-hybridized carbons (Fsp3) is 0.133. The van der Waals surface area contributed by atoms with Gasteiger partial charge in [0.25, 0.3) is 0 Å². The molecule has 2 nitrogen and oxygen atoms in total. The van der Waals surface area contributed by atoms with Gasteiger partial charge in [-0.3, -0.25) is 4.99 Å². The first-order valence-corrected chi connectivity index (χ1v) is 11.1. The number of nitriles is 1. The summed E-state index contributed by atoms with van der Waals surface area (Å²) in [5.74, 6) is 0. The lowest BCUT2D eigenvalue weighted by Crippen LogP contribution is -2.13. The van der Waals surface area contributed by atoms with Gasteiger partial charge in [-0.05, 0) is 40.7 Å². The molecule has 154 valence electrons. The summed E-state index contributed by atoms with van der Waals surface area (Å²) in [4.78, 5) is 4.93. The molecule has 0 saturated carbocycles. The smallest absolute Gasteiger partial charge is 0.141 e. The zero-order valence-corrected chi connectivity index (χ0v) is 17.9. The molecule has 0 aliphatic heterocycles. The minimum Gasteiger partial charge on any atom is -0.265 e. The van der Waals surface area contributed by atoms with Crippen LogP contribution in [0.15, 0.2) is 108 Å².